The third kappa shape index (κ3) is 2.63. The maximum absolute atomic E-state index is 13.4. The number of aliphatic hydroxyl groups is 1. The summed E-state index contributed by atoms with van der Waals surface area (Å²) in [6.45, 7) is 4.49. The summed E-state index contributed by atoms with van der Waals surface area (Å²) in [4.78, 5) is 11.6. The van der Waals surface area contributed by atoms with Crippen molar-refractivity contribution in [1.29, 1.82) is 5.26 Å². The van der Waals surface area contributed by atoms with E-state index in [1.807, 2.05) is 6.07 Å². The lowest BCUT2D eigenvalue weighted by molar-refractivity contribution is -0.127. The summed E-state index contributed by atoms with van der Waals surface area (Å²) in [6, 6.07) is 1.90. The van der Waals surface area contributed by atoms with Crippen LogP contribution in [0, 0.1) is 11.3 Å². The molecule has 96 valence electrons. The van der Waals surface area contributed by atoms with Crippen LogP contribution >= 0.6 is 0 Å². The fourth-order valence-corrected chi connectivity index (χ4v) is 1.91. The number of carbonyl (C=O) groups excluding carboxylic acids is 1. The number of aliphatic hydroxyl groups excluding tert-OH is 1. The maximum atomic E-state index is 13.4. The summed E-state index contributed by atoms with van der Waals surface area (Å²) < 4.78 is 13.4. The largest absolute Gasteiger partial charge is 0.394 e. The van der Waals surface area contributed by atoms with Gasteiger partial charge in [-0.25, -0.2) is 14.8 Å². The first-order valence-electron chi connectivity index (χ1n) is 5.50. The zero-order valence-corrected chi connectivity index (χ0v) is 10.3. The van der Waals surface area contributed by atoms with Crippen LogP contribution in [0.2, 0.25) is 0 Å². The number of nitrogens with one attached hydrogen (secondary N) is 1. The lowest BCUT2D eigenvalue weighted by atomic mass is 9.94. The van der Waals surface area contributed by atoms with E-state index in [1.54, 1.807) is 13.8 Å². The first-order valence-corrected chi connectivity index (χ1v) is 5.50. The molecule has 1 aliphatic rings. The van der Waals surface area contributed by atoms with Crippen molar-refractivity contribution in [1.82, 2.24) is 10.4 Å². The van der Waals surface area contributed by atoms with Crippen molar-refractivity contribution in [3.05, 3.63) is 0 Å². The average Bonchev–Trinajstić information content (AvgIpc) is 2.55. The Hall–Kier alpha value is -1.03. The van der Waals surface area contributed by atoms with Crippen LogP contribution in [0.1, 0.15) is 27.2 Å². The quantitative estimate of drug-likeness (QED) is 0.735. The number of ketones is 1. The first-order chi connectivity index (χ1) is 7.77. The predicted molar refractivity (Wildman–Crippen MR) is 59.5 cm³/mol. The number of hydrogen-bond donors (Lipinski definition) is 2. The van der Waals surface area contributed by atoms with Gasteiger partial charge in [0.2, 0.25) is 0 Å². The van der Waals surface area contributed by atoms with Crippen LogP contribution in [0.15, 0.2) is 0 Å². The van der Waals surface area contributed by atoms with Crippen molar-refractivity contribution < 1.29 is 14.3 Å². The number of halogens is 1. The monoisotopic (exact) mass is 243 g/mol. The number of nitrogens with zero attached hydrogens (tertiary/aromatic N) is 2. The summed E-state index contributed by atoms with van der Waals surface area (Å²) >= 11 is 0. The zero-order chi connectivity index (χ0) is 13.3. The van der Waals surface area contributed by atoms with Gasteiger partial charge in [0.05, 0.1) is 18.2 Å². The molecule has 1 heterocycles. The molecule has 0 spiro atoms. The summed E-state index contributed by atoms with van der Waals surface area (Å²) in [6.07, 6.45) is -1.35. The topological polar surface area (TPSA) is 76.4 Å². The molecule has 0 aliphatic carbocycles. The molecule has 0 aromatic carbocycles. The smallest absolute Gasteiger partial charge is 0.182 e. The molecule has 17 heavy (non-hydrogen) atoms. The normalized spacial score (nSPS) is 30.2. The standard InChI is InChI=1S/C11H18FN3O2/c1-8(17)11(6-13)4-9(12)5-15(11)14-10(2,3)7-16/h9,14,16H,4-5,7H2,1-3H3/t9-,11-/m0/s1. The fourth-order valence-electron chi connectivity index (χ4n) is 1.91. The molecule has 0 amide bonds. The number of nitriles is 1. The Morgan fingerprint density at radius 3 is 2.76 bits per heavy atom. The Kier molecular flexibility index (Phi) is 3.87. The molecule has 5 nitrogen and oxygen atoms in total. The van der Waals surface area contributed by atoms with Crippen LogP contribution in [-0.2, 0) is 4.79 Å². The summed E-state index contributed by atoms with van der Waals surface area (Å²) in [5.41, 5.74) is 0.685. The minimum Gasteiger partial charge on any atom is -0.394 e. The minimum atomic E-state index is -1.47. The predicted octanol–water partition coefficient (Wildman–Crippen LogP) is 0.157. The van der Waals surface area contributed by atoms with Gasteiger partial charge in [0.25, 0.3) is 0 Å². The van der Waals surface area contributed by atoms with Gasteiger partial charge in [0, 0.05) is 13.0 Å². The Morgan fingerprint density at radius 2 is 2.35 bits per heavy atom. The SMILES string of the molecule is CC(=O)[C@@]1(C#N)C[C@H](F)CN1NC(C)(C)CO. The fraction of sp³-hybridized carbons (Fsp3) is 0.818. The van der Waals surface area contributed by atoms with E-state index in [9.17, 15) is 9.18 Å². The van der Waals surface area contributed by atoms with Gasteiger partial charge in [-0.15, -0.1) is 0 Å². The molecule has 2 atom stereocenters. The minimum absolute atomic E-state index is 0.0312. The third-order valence-electron chi connectivity index (χ3n) is 2.96. The van der Waals surface area contributed by atoms with Crippen LogP contribution in [-0.4, -0.2) is 46.3 Å². The molecule has 6 heteroatoms. The van der Waals surface area contributed by atoms with Crippen LogP contribution in [0.4, 0.5) is 4.39 Å². The molecule has 0 aromatic heterocycles. The molecule has 2 N–H and O–H groups in total. The molecule has 1 saturated heterocycles. The molecule has 1 rings (SSSR count). The Balaban J connectivity index is 2.97. The highest BCUT2D eigenvalue weighted by Crippen LogP contribution is 2.31. The highest BCUT2D eigenvalue weighted by molar-refractivity contribution is 5.89. The van der Waals surface area contributed by atoms with Gasteiger partial charge in [0.1, 0.15) is 6.17 Å². The summed E-state index contributed by atoms with van der Waals surface area (Å²) in [5.74, 6) is -0.388. The summed E-state index contributed by atoms with van der Waals surface area (Å²) in [5, 5.41) is 19.6. The molecular formula is C11H18FN3O2. The molecule has 1 fully saturated rings. The van der Waals surface area contributed by atoms with Gasteiger partial charge < -0.3 is 5.11 Å². The van der Waals surface area contributed by atoms with E-state index in [-0.39, 0.29) is 25.4 Å². The second-order valence-corrected chi connectivity index (χ2v) is 5.09. The average molecular weight is 243 g/mol. The van der Waals surface area contributed by atoms with Crippen LogP contribution in [0.25, 0.3) is 0 Å². The van der Waals surface area contributed by atoms with Gasteiger partial charge >= 0.3 is 0 Å². The molecule has 0 radical (unpaired) electrons. The Bertz CT molecular complexity index is 353. The van der Waals surface area contributed by atoms with E-state index < -0.39 is 17.2 Å². The number of carbonyl (C=O) groups is 1. The Morgan fingerprint density at radius 1 is 1.76 bits per heavy atom. The van der Waals surface area contributed by atoms with Crippen molar-refractivity contribution >= 4 is 5.78 Å². The molecule has 1 aliphatic heterocycles. The van der Waals surface area contributed by atoms with Gasteiger partial charge in [-0.05, 0) is 20.8 Å². The molecule has 0 unspecified atom stereocenters. The second kappa shape index (κ2) is 4.69. The molecule has 0 saturated carbocycles. The van der Waals surface area contributed by atoms with Crippen molar-refractivity contribution in [2.24, 2.45) is 0 Å². The molecule has 0 aromatic rings. The first kappa shape index (κ1) is 14.0. The number of Topliss-reactive ketones (excluding diaryl/α,β-unsaturated/α-hetero) is 1. The van der Waals surface area contributed by atoms with Crippen molar-refractivity contribution in [3.8, 4) is 6.07 Å². The highest BCUT2D eigenvalue weighted by Gasteiger charge is 2.51. The maximum Gasteiger partial charge on any atom is 0.182 e. The number of alkyl halides is 1. The third-order valence-corrected chi connectivity index (χ3v) is 2.96. The van der Waals surface area contributed by atoms with Crippen LogP contribution in [0.3, 0.4) is 0 Å². The lowest BCUT2D eigenvalue weighted by Crippen LogP contribution is -2.61. The van der Waals surface area contributed by atoms with Gasteiger partial charge in [-0.1, -0.05) is 0 Å². The number of hydrazine groups is 1. The molecular weight excluding hydrogens is 225 g/mol. The van der Waals surface area contributed by atoms with Crippen LogP contribution in [0.5, 0.6) is 0 Å². The van der Waals surface area contributed by atoms with Crippen molar-refractivity contribution in [3.63, 3.8) is 0 Å². The van der Waals surface area contributed by atoms with E-state index in [0.717, 1.165) is 0 Å². The van der Waals surface area contributed by atoms with Gasteiger partial charge in [-0.3, -0.25) is 4.79 Å². The van der Waals surface area contributed by atoms with Gasteiger partial charge in [0.15, 0.2) is 11.3 Å². The van der Waals surface area contributed by atoms with E-state index >= 15 is 0 Å². The summed E-state index contributed by atoms with van der Waals surface area (Å²) in [7, 11) is 0. The van der Waals surface area contributed by atoms with E-state index in [4.69, 9.17) is 10.4 Å². The zero-order valence-electron chi connectivity index (χ0n) is 10.3. The van der Waals surface area contributed by atoms with E-state index in [1.165, 1.54) is 11.9 Å². The van der Waals surface area contributed by atoms with E-state index in [0.29, 0.717) is 0 Å². The Labute approximate surface area is 100 Å². The highest BCUT2D eigenvalue weighted by atomic mass is 19.1. The van der Waals surface area contributed by atoms with Crippen LogP contribution < -0.4 is 5.43 Å². The van der Waals surface area contributed by atoms with Crippen molar-refractivity contribution in [2.45, 2.75) is 44.4 Å². The van der Waals surface area contributed by atoms with E-state index in [2.05, 4.69) is 5.43 Å². The number of rotatable bonds is 4. The lowest BCUT2D eigenvalue weighted by Gasteiger charge is -2.36. The van der Waals surface area contributed by atoms with Crippen molar-refractivity contribution in [2.75, 3.05) is 13.2 Å². The van der Waals surface area contributed by atoms with Gasteiger partial charge in [-0.2, -0.15) is 5.26 Å². The second-order valence-electron chi connectivity index (χ2n) is 5.09. The number of hydrogen-bond acceptors (Lipinski definition) is 5. The molecule has 0 bridgehead atoms.